The van der Waals surface area contributed by atoms with Crippen molar-refractivity contribution in [1.82, 2.24) is 14.4 Å². The third-order valence-electron chi connectivity index (χ3n) is 2.62. The van der Waals surface area contributed by atoms with Gasteiger partial charge in [-0.3, -0.25) is 0 Å². The number of nitrogens with zero attached hydrogens (tertiary/aromatic N) is 3. The van der Waals surface area contributed by atoms with E-state index in [1.54, 1.807) is 11.3 Å². The highest BCUT2D eigenvalue weighted by Crippen LogP contribution is 2.23. The molecule has 0 aliphatic carbocycles. The Bertz CT molecular complexity index is 660. The molecular weight excluding hydrogens is 298 g/mol. The first-order valence-corrected chi connectivity index (χ1v) is 6.88. The predicted molar refractivity (Wildman–Crippen MR) is 73.5 cm³/mol. The monoisotopic (exact) mass is 307 g/mol. The van der Waals surface area contributed by atoms with Crippen LogP contribution in [0.15, 0.2) is 28.3 Å². The van der Waals surface area contributed by atoms with Crippen molar-refractivity contribution in [3.63, 3.8) is 0 Å². The van der Waals surface area contributed by atoms with E-state index in [-0.39, 0.29) is 0 Å². The molecular formula is C12H10BrN3S. The van der Waals surface area contributed by atoms with Gasteiger partial charge in [-0.15, -0.1) is 11.3 Å². The lowest BCUT2D eigenvalue weighted by Gasteiger charge is -1.98. The zero-order valence-corrected chi connectivity index (χ0v) is 11.8. The van der Waals surface area contributed by atoms with Gasteiger partial charge in [0, 0.05) is 22.2 Å². The Labute approximate surface area is 111 Å². The first kappa shape index (κ1) is 10.9. The highest BCUT2D eigenvalue weighted by molar-refractivity contribution is 9.10. The number of hydrogen-bond donors (Lipinski definition) is 0. The molecule has 86 valence electrons. The molecule has 0 bridgehead atoms. The van der Waals surface area contributed by atoms with Crippen LogP contribution in [0.3, 0.4) is 0 Å². The lowest BCUT2D eigenvalue weighted by Crippen LogP contribution is -1.85. The van der Waals surface area contributed by atoms with E-state index in [9.17, 15) is 0 Å². The highest BCUT2D eigenvalue weighted by Gasteiger charge is 2.08. The molecule has 3 aromatic heterocycles. The third-order valence-corrected chi connectivity index (χ3v) is 4.22. The zero-order valence-electron chi connectivity index (χ0n) is 9.44. The average molecular weight is 308 g/mol. The van der Waals surface area contributed by atoms with E-state index in [1.165, 1.54) is 5.56 Å². The van der Waals surface area contributed by atoms with Crippen molar-refractivity contribution in [3.8, 4) is 11.4 Å². The van der Waals surface area contributed by atoms with Gasteiger partial charge in [-0.05, 0) is 41.4 Å². The largest absolute Gasteiger partial charge is 0.305 e. The van der Waals surface area contributed by atoms with Crippen molar-refractivity contribution in [1.29, 1.82) is 0 Å². The Morgan fingerprint density at radius 1 is 1.18 bits per heavy atom. The van der Waals surface area contributed by atoms with Crippen LogP contribution in [0.25, 0.3) is 17.0 Å². The molecule has 3 aromatic rings. The Balaban J connectivity index is 2.19. The van der Waals surface area contributed by atoms with Crippen LogP contribution in [-0.4, -0.2) is 14.4 Å². The number of pyridine rings is 1. The molecule has 0 unspecified atom stereocenters. The molecule has 0 radical (unpaired) electrons. The van der Waals surface area contributed by atoms with E-state index in [2.05, 4.69) is 38.9 Å². The van der Waals surface area contributed by atoms with Crippen LogP contribution in [0.1, 0.15) is 10.6 Å². The van der Waals surface area contributed by atoms with Crippen molar-refractivity contribution in [2.24, 2.45) is 0 Å². The van der Waals surface area contributed by atoms with E-state index < -0.39 is 0 Å². The van der Waals surface area contributed by atoms with Gasteiger partial charge in [-0.1, -0.05) is 0 Å². The second-order valence-electron chi connectivity index (χ2n) is 3.95. The van der Waals surface area contributed by atoms with Crippen molar-refractivity contribution < 1.29 is 0 Å². The lowest BCUT2D eigenvalue weighted by atomic mass is 10.3. The van der Waals surface area contributed by atoms with Gasteiger partial charge in [0.15, 0.2) is 0 Å². The number of aryl methyl sites for hydroxylation is 2. The van der Waals surface area contributed by atoms with Crippen molar-refractivity contribution in [3.05, 3.63) is 38.9 Å². The number of aromatic nitrogens is 3. The van der Waals surface area contributed by atoms with Gasteiger partial charge in [-0.2, -0.15) is 0 Å². The zero-order chi connectivity index (χ0) is 12.0. The van der Waals surface area contributed by atoms with Crippen LogP contribution in [0.4, 0.5) is 0 Å². The number of imidazole rings is 1. The predicted octanol–water partition coefficient (Wildman–Crippen LogP) is 3.84. The SMILES string of the molecule is Cc1nc(-c2cn3cc(Br)c(C)cc3n2)cs1. The minimum Gasteiger partial charge on any atom is -0.305 e. The van der Waals surface area contributed by atoms with Crippen molar-refractivity contribution in [2.45, 2.75) is 13.8 Å². The summed E-state index contributed by atoms with van der Waals surface area (Å²) in [5, 5.41) is 3.10. The lowest BCUT2D eigenvalue weighted by molar-refractivity contribution is 1.15. The summed E-state index contributed by atoms with van der Waals surface area (Å²) in [5.74, 6) is 0. The molecule has 0 aliphatic rings. The maximum absolute atomic E-state index is 4.58. The topological polar surface area (TPSA) is 30.2 Å². The molecule has 0 fully saturated rings. The molecule has 5 heteroatoms. The standard InChI is InChI=1S/C12H10BrN3S/c1-7-3-12-15-10(5-16(12)4-9(7)13)11-6-17-8(2)14-11/h3-6H,1-2H3. The Kier molecular flexibility index (Phi) is 2.52. The fraction of sp³-hybridized carbons (Fsp3) is 0.167. The number of thiazole rings is 1. The fourth-order valence-electron chi connectivity index (χ4n) is 1.71. The molecule has 17 heavy (non-hydrogen) atoms. The maximum Gasteiger partial charge on any atom is 0.137 e. The fourth-order valence-corrected chi connectivity index (χ4v) is 2.65. The minimum atomic E-state index is 0.923. The molecule has 0 aromatic carbocycles. The summed E-state index contributed by atoms with van der Waals surface area (Å²) < 4.78 is 3.10. The second kappa shape index (κ2) is 3.92. The summed E-state index contributed by atoms with van der Waals surface area (Å²) >= 11 is 5.17. The van der Waals surface area contributed by atoms with Crippen LogP contribution < -0.4 is 0 Å². The van der Waals surface area contributed by atoms with E-state index in [0.717, 1.165) is 26.5 Å². The van der Waals surface area contributed by atoms with Crippen LogP contribution >= 0.6 is 27.3 Å². The molecule has 0 atom stereocenters. The summed E-state index contributed by atoms with van der Waals surface area (Å²) in [6.45, 7) is 4.07. The quantitative estimate of drug-likeness (QED) is 0.684. The van der Waals surface area contributed by atoms with Crippen LogP contribution in [0.5, 0.6) is 0 Å². The van der Waals surface area contributed by atoms with Gasteiger partial charge in [0.2, 0.25) is 0 Å². The van der Waals surface area contributed by atoms with E-state index in [1.807, 2.05) is 29.1 Å². The number of fused-ring (bicyclic) bond motifs is 1. The van der Waals surface area contributed by atoms with Crippen LogP contribution in [-0.2, 0) is 0 Å². The average Bonchev–Trinajstić information content (AvgIpc) is 2.85. The molecule has 0 saturated carbocycles. The molecule has 3 nitrogen and oxygen atoms in total. The van der Waals surface area contributed by atoms with Crippen molar-refractivity contribution in [2.75, 3.05) is 0 Å². The molecule has 3 heterocycles. The molecule has 0 aliphatic heterocycles. The Morgan fingerprint density at radius 3 is 2.71 bits per heavy atom. The van der Waals surface area contributed by atoms with Crippen LogP contribution in [0.2, 0.25) is 0 Å². The van der Waals surface area contributed by atoms with Gasteiger partial charge < -0.3 is 4.40 Å². The summed E-state index contributed by atoms with van der Waals surface area (Å²) in [6, 6.07) is 2.06. The number of halogens is 1. The van der Waals surface area contributed by atoms with Gasteiger partial charge in [0.05, 0.1) is 5.01 Å². The molecule has 0 amide bonds. The molecule has 0 saturated heterocycles. The van der Waals surface area contributed by atoms with Gasteiger partial charge in [0.25, 0.3) is 0 Å². The van der Waals surface area contributed by atoms with E-state index >= 15 is 0 Å². The van der Waals surface area contributed by atoms with Crippen molar-refractivity contribution >= 4 is 32.9 Å². The summed E-state index contributed by atoms with van der Waals surface area (Å²) in [6.07, 6.45) is 4.04. The minimum absolute atomic E-state index is 0.923. The summed E-state index contributed by atoms with van der Waals surface area (Å²) in [4.78, 5) is 9.04. The van der Waals surface area contributed by atoms with Gasteiger partial charge in [-0.25, -0.2) is 9.97 Å². The van der Waals surface area contributed by atoms with E-state index in [4.69, 9.17) is 0 Å². The first-order chi connectivity index (χ1) is 8.13. The smallest absolute Gasteiger partial charge is 0.137 e. The molecule has 3 rings (SSSR count). The number of hydrogen-bond acceptors (Lipinski definition) is 3. The molecule has 0 N–H and O–H groups in total. The molecule has 0 spiro atoms. The van der Waals surface area contributed by atoms with E-state index in [0.29, 0.717) is 0 Å². The Morgan fingerprint density at radius 2 is 2.00 bits per heavy atom. The Hall–Kier alpha value is -1.20. The third kappa shape index (κ3) is 1.89. The normalized spacial score (nSPS) is 11.2. The number of rotatable bonds is 1. The van der Waals surface area contributed by atoms with Crippen LogP contribution in [0, 0.1) is 13.8 Å². The summed E-state index contributed by atoms with van der Waals surface area (Å²) in [5.41, 5.74) is 4.01. The second-order valence-corrected chi connectivity index (χ2v) is 5.86. The maximum atomic E-state index is 4.58. The highest BCUT2D eigenvalue weighted by atomic mass is 79.9. The summed E-state index contributed by atoms with van der Waals surface area (Å²) in [7, 11) is 0. The first-order valence-electron chi connectivity index (χ1n) is 5.21. The van der Waals surface area contributed by atoms with Gasteiger partial charge >= 0.3 is 0 Å². The van der Waals surface area contributed by atoms with Gasteiger partial charge in [0.1, 0.15) is 17.0 Å².